The van der Waals surface area contributed by atoms with E-state index in [2.05, 4.69) is 20.9 Å². The highest BCUT2D eigenvalue weighted by molar-refractivity contribution is 5.94. The van der Waals surface area contributed by atoms with Gasteiger partial charge in [0.25, 0.3) is 0 Å². The number of aromatic nitrogens is 1. The minimum atomic E-state index is -1.38. The topological polar surface area (TPSA) is 204 Å². The molecular weight excluding hydrogens is 554 g/mol. The van der Waals surface area contributed by atoms with Crippen LogP contribution in [0.25, 0.3) is 10.9 Å². The summed E-state index contributed by atoms with van der Waals surface area (Å²) in [5.41, 5.74) is 8.24. The average molecular weight is 594 g/mol. The lowest BCUT2D eigenvalue weighted by Gasteiger charge is -2.25. The van der Waals surface area contributed by atoms with Gasteiger partial charge in [-0.3, -0.25) is 19.2 Å². The molecule has 0 saturated heterocycles. The van der Waals surface area contributed by atoms with E-state index in [0.717, 1.165) is 16.5 Å². The molecule has 0 fully saturated rings. The molecule has 4 unspecified atom stereocenters. The highest BCUT2D eigenvalue weighted by Crippen LogP contribution is 2.19. The van der Waals surface area contributed by atoms with Gasteiger partial charge >= 0.3 is 11.9 Å². The molecule has 12 nitrogen and oxygen atoms in total. The van der Waals surface area contributed by atoms with E-state index in [-0.39, 0.29) is 25.2 Å². The Balaban J connectivity index is 1.79. The lowest BCUT2D eigenvalue weighted by atomic mass is 10.0. The van der Waals surface area contributed by atoms with Crippen molar-refractivity contribution in [3.05, 3.63) is 71.9 Å². The minimum absolute atomic E-state index is 0.0505. The van der Waals surface area contributed by atoms with Crippen LogP contribution < -0.4 is 21.7 Å². The first-order valence-electron chi connectivity index (χ1n) is 14.1. The Kier molecular flexibility index (Phi) is 11.8. The van der Waals surface area contributed by atoms with E-state index in [1.165, 1.54) is 0 Å². The Morgan fingerprint density at radius 3 is 2.05 bits per heavy atom. The summed E-state index contributed by atoms with van der Waals surface area (Å²) in [6.45, 7) is 3.83. The number of carboxylic acids is 2. The molecule has 1 aromatic heterocycles. The first kappa shape index (κ1) is 32.8. The third-order valence-electron chi connectivity index (χ3n) is 6.97. The highest BCUT2D eigenvalue weighted by atomic mass is 16.4. The molecule has 3 aromatic rings. The van der Waals surface area contributed by atoms with Gasteiger partial charge < -0.3 is 36.9 Å². The summed E-state index contributed by atoms with van der Waals surface area (Å²) < 4.78 is 0. The molecule has 0 radical (unpaired) electrons. The van der Waals surface area contributed by atoms with Gasteiger partial charge in [0.15, 0.2) is 0 Å². The summed E-state index contributed by atoms with van der Waals surface area (Å²) in [6, 6.07) is 11.5. The molecule has 2 aromatic carbocycles. The number of aliphatic carboxylic acids is 2. The summed E-state index contributed by atoms with van der Waals surface area (Å²) in [6.07, 6.45) is 1.32. The van der Waals surface area contributed by atoms with E-state index in [4.69, 9.17) is 5.73 Å². The largest absolute Gasteiger partial charge is 0.481 e. The number of aromatic amines is 1. The molecule has 0 spiro atoms. The number of para-hydroxylation sites is 1. The summed E-state index contributed by atoms with van der Waals surface area (Å²) in [4.78, 5) is 66.2. The molecule has 1 heterocycles. The Hall–Kier alpha value is -4.71. The normalized spacial score (nSPS) is 14.0. The van der Waals surface area contributed by atoms with Crippen molar-refractivity contribution in [1.82, 2.24) is 20.9 Å². The second-order valence-electron chi connectivity index (χ2n) is 10.9. The molecule has 0 aliphatic carbocycles. The lowest BCUT2D eigenvalue weighted by Crippen LogP contribution is -2.58. The number of fused-ring (bicyclic) bond motifs is 1. The number of H-pyrrole nitrogens is 1. The monoisotopic (exact) mass is 593 g/mol. The number of hydrogen-bond acceptors (Lipinski definition) is 6. The fourth-order valence-electron chi connectivity index (χ4n) is 4.75. The maximum atomic E-state index is 13.5. The molecule has 3 rings (SSSR count). The zero-order chi connectivity index (χ0) is 31.5. The van der Waals surface area contributed by atoms with E-state index in [0.29, 0.717) is 12.0 Å². The number of nitrogens with one attached hydrogen (secondary N) is 4. The van der Waals surface area contributed by atoms with Gasteiger partial charge in [0.2, 0.25) is 17.7 Å². The van der Waals surface area contributed by atoms with Gasteiger partial charge in [-0.2, -0.15) is 0 Å². The third-order valence-corrected chi connectivity index (χ3v) is 6.97. The number of benzene rings is 2. The first-order valence-corrected chi connectivity index (χ1v) is 14.1. The van der Waals surface area contributed by atoms with Crippen LogP contribution in [0.2, 0.25) is 0 Å². The lowest BCUT2D eigenvalue weighted by molar-refractivity contribution is -0.143. The summed E-state index contributed by atoms with van der Waals surface area (Å²) in [7, 11) is 0. The van der Waals surface area contributed by atoms with Crippen LogP contribution in [0.3, 0.4) is 0 Å². The van der Waals surface area contributed by atoms with Crippen molar-refractivity contribution in [3.8, 4) is 0 Å². The molecule has 0 aliphatic rings. The Bertz CT molecular complexity index is 1420. The fourth-order valence-corrected chi connectivity index (χ4v) is 4.75. The quantitative estimate of drug-likeness (QED) is 0.130. The van der Waals surface area contributed by atoms with Crippen LogP contribution in [0.1, 0.15) is 44.2 Å². The highest BCUT2D eigenvalue weighted by Gasteiger charge is 2.31. The number of amides is 3. The second-order valence-corrected chi connectivity index (χ2v) is 10.9. The second kappa shape index (κ2) is 15.5. The SMILES string of the molecule is CC(C)CC(N)C(=O)NC(Cc1ccccc1)C(=O)NC(CCC(=O)O)C(=O)NC(Cc1c[nH]c2ccccc12)C(=O)O. The number of hydrogen-bond donors (Lipinski definition) is 7. The molecule has 0 saturated carbocycles. The van der Waals surface area contributed by atoms with Crippen molar-refractivity contribution in [2.45, 2.75) is 70.1 Å². The zero-order valence-electron chi connectivity index (χ0n) is 24.2. The van der Waals surface area contributed by atoms with Gasteiger partial charge in [0, 0.05) is 36.4 Å². The first-order chi connectivity index (χ1) is 20.4. The van der Waals surface area contributed by atoms with Crippen LogP contribution in [-0.4, -0.2) is 69.0 Å². The zero-order valence-corrected chi connectivity index (χ0v) is 24.2. The fraction of sp³-hybridized carbons (Fsp3) is 0.387. The van der Waals surface area contributed by atoms with E-state index < -0.39 is 60.2 Å². The van der Waals surface area contributed by atoms with Gasteiger partial charge in [-0.05, 0) is 36.0 Å². The number of carbonyl (C=O) groups is 5. The Labute approximate surface area is 249 Å². The predicted molar refractivity (Wildman–Crippen MR) is 160 cm³/mol. The molecule has 3 amide bonds. The molecule has 0 aliphatic heterocycles. The number of nitrogens with two attached hydrogens (primary N) is 1. The van der Waals surface area contributed by atoms with Crippen molar-refractivity contribution in [3.63, 3.8) is 0 Å². The molecule has 43 heavy (non-hydrogen) atoms. The van der Waals surface area contributed by atoms with Gasteiger partial charge in [0.05, 0.1) is 6.04 Å². The minimum Gasteiger partial charge on any atom is -0.481 e. The molecule has 8 N–H and O–H groups in total. The van der Waals surface area contributed by atoms with Crippen LogP contribution in [0, 0.1) is 5.92 Å². The van der Waals surface area contributed by atoms with Crippen LogP contribution >= 0.6 is 0 Å². The van der Waals surface area contributed by atoms with E-state index in [1.807, 2.05) is 38.1 Å². The van der Waals surface area contributed by atoms with Gasteiger partial charge in [0.1, 0.15) is 18.1 Å². The summed E-state index contributed by atoms with van der Waals surface area (Å²) in [5.74, 6) is -4.49. The van der Waals surface area contributed by atoms with Crippen molar-refractivity contribution < 1.29 is 34.2 Å². The van der Waals surface area contributed by atoms with Gasteiger partial charge in [-0.1, -0.05) is 62.4 Å². The molecular formula is C31H39N5O7. The summed E-state index contributed by atoms with van der Waals surface area (Å²) >= 11 is 0. The number of carboxylic acid groups (broad SMARTS) is 2. The van der Waals surface area contributed by atoms with Crippen molar-refractivity contribution in [2.75, 3.05) is 0 Å². The Morgan fingerprint density at radius 2 is 1.40 bits per heavy atom. The van der Waals surface area contributed by atoms with Crippen LogP contribution in [0.5, 0.6) is 0 Å². The maximum Gasteiger partial charge on any atom is 0.326 e. The van der Waals surface area contributed by atoms with Gasteiger partial charge in [-0.25, -0.2) is 4.79 Å². The third kappa shape index (κ3) is 9.96. The van der Waals surface area contributed by atoms with E-state index >= 15 is 0 Å². The molecule has 4 atom stereocenters. The van der Waals surface area contributed by atoms with Crippen LogP contribution in [0.15, 0.2) is 60.8 Å². The van der Waals surface area contributed by atoms with Crippen LogP contribution in [0.4, 0.5) is 0 Å². The maximum absolute atomic E-state index is 13.5. The molecule has 12 heteroatoms. The predicted octanol–water partition coefficient (Wildman–Crippen LogP) is 1.73. The molecule has 230 valence electrons. The average Bonchev–Trinajstić information content (AvgIpc) is 3.37. The van der Waals surface area contributed by atoms with Crippen molar-refractivity contribution in [1.29, 1.82) is 0 Å². The smallest absolute Gasteiger partial charge is 0.326 e. The molecule has 0 bridgehead atoms. The van der Waals surface area contributed by atoms with Crippen molar-refractivity contribution >= 4 is 40.6 Å². The number of rotatable bonds is 16. The van der Waals surface area contributed by atoms with Gasteiger partial charge in [-0.15, -0.1) is 0 Å². The van der Waals surface area contributed by atoms with E-state index in [9.17, 15) is 34.2 Å². The standard InChI is InChI=1S/C31H39N5O7/c1-18(2)14-22(32)28(39)35-25(15-19-8-4-3-5-9-19)30(41)34-24(12-13-27(37)38)29(40)36-26(31(42)43)16-20-17-33-23-11-7-6-10-21(20)23/h3-11,17-18,22,24-26,33H,12-16,32H2,1-2H3,(H,34,41)(H,35,39)(H,36,40)(H,37,38)(H,42,43). The van der Waals surface area contributed by atoms with E-state index in [1.54, 1.807) is 36.5 Å². The Morgan fingerprint density at radius 1 is 0.791 bits per heavy atom. The number of carbonyl (C=O) groups excluding carboxylic acids is 3. The summed E-state index contributed by atoms with van der Waals surface area (Å²) in [5, 5.41) is 27.6. The van der Waals surface area contributed by atoms with Crippen molar-refractivity contribution in [2.24, 2.45) is 11.7 Å². The van der Waals surface area contributed by atoms with Crippen LogP contribution in [-0.2, 0) is 36.8 Å².